The van der Waals surface area contributed by atoms with Gasteiger partial charge in [-0.1, -0.05) is 49.4 Å². The zero-order valence-corrected chi connectivity index (χ0v) is 20.9. The van der Waals surface area contributed by atoms with Gasteiger partial charge in [-0.05, 0) is 68.1 Å². The van der Waals surface area contributed by atoms with Crippen molar-refractivity contribution in [2.75, 3.05) is 11.1 Å². The van der Waals surface area contributed by atoms with Gasteiger partial charge in [0, 0.05) is 10.6 Å². The average molecular weight is 478 g/mol. The summed E-state index contributed by atoms with van der Waals surface area (Å²) >= 11 is 2.87. The van der Waals surface area contributed by atoms with Crippen LogP contribution in [0.5, 0.6) is 0 Å². The Morgan fingerprint density at radius 1 is 1.09 bits per heavy atom. The number of thioether (sulfide) groups is 1. The number of hydrogen-bond acceptors (Lipinski definition) is 5. The zero-order chi connectivity index (χ0) is 23.5. The molecule has 0 saturated heterocycles. The summed E-state index contributed by atoms with van der Waals surface area (Å²) in [5.41, 5.74) is 4.60. The Morgan fingerprint density at radius 3 is 2.52 bits per heavy atom. The molecule has 2 aromatic heterocycles. The Hall–Kier alpha value is -2.90. The van der Waals surface area contributed by atoms with E-state index in [0.717, 1.165) is 45.7 Å². The standard InChI is InChI=1S/C26H27N3O2S2/c1-5-8-21-18(4)23-24(33-21)28-26(29(25(23)31)20-12-7-10-17(3)14-20)32-15-22(30)27-19-11-6-9-16(2)13-19/h6-7,9-14H,5,8,15H2,1-4H3,(H,27,30). The van der Waals surface area contributed by atoms with Crippen LogP contribution in [-0.2, 0) is 11.2 Å². The van der Waals surface area contributed by atoms with Crippen LogP contribution in [0.15, 0.2) is 58.5 Å². The molecule has 5 nitrogen and oxygen atoms in total. The minimum atomic E-state index is -0.134. The maximum atomic E-state index is 13.7. The second-order valence-electron chi connectivity index (χ2n) is 8.16. The SMILES string of the molecule is CCCc1sc2nc(SCC(=O)Nc3cccc(C)c3)n(-c3cccc(C)c3)c(=O)c2c1C. The molecule has 0 radical (unpaired) electrons. The maximum Gasteiger partial charge on any atom is 0.267 e. The fourth-order valence-electron chi connectivity index (χ4n) is 3.82. The van der Waals surface area contributed by atoms with Gasteiger partial charge in [0.25, 0.3) is 5.56 Å². The van der Waals surface area contributed by atoms with E-state index >= 15 is 0 Å². The van der Waals surface area contributed by atoms with E-state index in [-0.39, 0.29) is 17.2 Å². The normalized spacial score (nSPS) is 11.2. The summed E-state index contributed by atoms with van der Waals surface area (Å²) in [5.74, 6) is 0.0222. The molecule has 33 heavy (non-hydrogen) atoms. The average Bonchev–Trinajstić information content (AvgIpc) is 3.08. The Labute approximate surface area is 201 Å². The molecule has 2 heterocycles. The van der Waals surface area contributed by atoms with Crippen LogP contribution >= 0.6 is 23.1 Å². The first-order chi connectivity index (χ1) is 15.9. The van der Waals surface area contributed by atoms with Crippen molar-refractivity contribution in [1.82, 2.24) is 9.55 Å². The molecule has 4 rings (SSSR count). The highest BCUT2D eigenvalue weighted by molar-refractivity contribution is 7.99. The molecule has 0 atom stereocenters. The van der Waals surface area contributed by atoms with Crippen molar-refractivity contribution in [1.29, 1.82) is 0 Å². The van der Waals surface area contributed by atoms with E-state index in [9.17, 15) is 9.59 Å². The molecule has 0 bridgehead atoms. The number of rotatable bonds is 7. The van der Waals surface area contributed by atoms with Crippen LogP contribution in [0.3, 0.4) is 0 Å². The van der Waals surface area contributed by atoms with Gasteiger partial charge >= 0.3 is 0 Å². The number of hydrogen-bond donors (Lipinski definition) is 1. The number of carbonyl (C=O) groups excluding carboxylic acids is 1. The molecule has 1 N–H and O–H groups in total. The molecule has 0 saturated carbocycles. The second-order valence-corrected chi connectivity index (χ2v) is 10.2. The van der Waals surface area contributed by atoms with Gasteiger partial charge in [-0.2, -0.15) is 0 Å². The molecule has 7 heteroatoms. The Kier molecular flexibility index (Phi) is 7.00. The highest BCUT2D eigenvalue weighted by Gasteiger charge is 2.20. The lowest BCUT2D eigenvalue weighted by Gasteiger charge is -2.13. The van der Waals surface area contributed by atoms with Crippen molar-refractivity contribution in [3.05, 3.63) is 80.5 Å². The highest BCUT2D eigenvalue weighted by Crippen LogP contribution is 2.31. The van der Waals surface area contributed by atoms with E-state index in [0.29, 0.717) is 10.5 Å². The number of fused-ring (bicyclic) bond motifs is 1. The Morgan fingerprint density at radius 2 is 1.82 bits per heavy atom. The van der Waals surface area contributed by atoms with Crippen LogP contribution in [0.1, 0.15) is 34.9 Å². The second kappa shape index (κ2) is 9.93. The fourth-order valence-corrected chi connectivity index (χ4v) is 5.95. The summed E-state index contributed by atoms with van der Waals surface area (Å²) in [5, 5.41) is 4.14. The number of anilines is 1. The largest absolute Gasteiger partial charge is 0.325 e. The molecule has 0 spiro atoms. The summed E-state index contributed by atoms with van der Waals surface area (Å²) in [6, 6.07) is 15.5. The zero-order valence-electron chi connectivity index (χ0n) is 19.3. The van der Waals surface area contributed by atoms with Crippen molar-refractivity contribution in [2.45, 2.75) is 45.7 Å². The van der Waals surface area contributed by atoms with Gasteiger partial charge in [0.15, 0.2) is 5.16 Å². The van der Waals surface area contributed by atoms with E-state index in [2.05, 4.69) is 12.2 Å². The molecule has 0 aliphatic heterocycles. The summed E-state index contributed by atoms with van der Waals surface area (Å²) in [4.78, 5) is 33.1. The van der Waals surface area contributed by atoms with Gasteiger partial charge < -0.3 is 5.32 Å². The molecule has 0 unspecified atom stereocenters. The van der Waals surface area contributed by atoms with E-state index in [1.54, 1.807) is 15.9 Å². The van der Waals surface area contributed by atoms with Crippen LogP contribution < -0.4 is 10.9 Å². The highest BCUT2D eigenvalue weighted by atomic mass is 32.2. The fraction of sp³-hybridized carbons (Fsp3) is 0.269. The van der Waals surface area contributed by atoms with Gasteiger partial charge in [0.1, 0.15) is 4.83 Å². The maximum absolute atomic E-state index is 13.7. The van der Waals surface area contributed by atoms with Crippen LogP contribution in [0.4, 0.5) is 5.69 Å². The lowest BCUT2D eigenvalue weighted by molar-refractivity contribution is -0.113. The smallest absolute Gasteiger partial charge is 0.267 e. The summed E-state index contributed by atoms with van der Waals surface area (Å²) in [6.07, 6.45) is 1.94. The van der Waals surface area contributed by atoms with Crippen LogP contribution in [-0.4, -0.2) is 21.2 Å². The number of aromatic nitrogens is 2. The number of thiophene rings is 1. The van der Waals surface area contributed by atoms with Crippen molar-refractivity contribution in [2.24, 2.45) is 0 Å². The third-order valence-corrected chi connectivity index (χ3v) is 7.59. The van der Waals surface area contributed by atoms with E-state index in [1.807, 2.05) is 69.3 Å². The minimum absolute atomic E-state index is 0.0803. The number of benzene rings is 2. The predicted octanol–water partition coefficient (Wildman–Crippen LogP) is 6.06. The first-order valence-corrected chi connectivity index (χ1v) is 12.8. The van der Waals surface area contributed by atoms with E-state index in [4.69, 9.17) is 4.98 Å². The summed E-state index contributed by atoms with van der Waals surface area (Å²) < 4.78 is 1.65. The van der Waals surface area contributed by atoms with Crippen molar-refractivity contribution in [3.63, 3.8) is 0 Å². The summed E-state index contributed by atoms with van der Waals surface area (Å²) in [6.45, 7) is 8.13. The molecular weight excluding hydrogens is 450 g/mol. The van der Waals surface area contributed by atoms with Gasteiger partial charge in [-0.3, -0.25) is 14.2 Å². The number of aryl methyl sites for hydroxylation is 4. The predicted molar refractivity (Wildman–Crippen MR) is 139 cm³/mol. The van der Waals surface area contributed by atoms with Crippen molar-refractivity contribution >= 4 is 44.9 Å². The van der Waals surface area contributed by atoms with Gasteiger partial charge in [0.2, 0.25) is 5.91 Å². The monoisotopic (exact) mass is 477 g/mol. The lowest BCUT2D eigenvalue weighted by atomic mass is 10.1. The van der Waals surface area contributed by atoms with Crippen LogP contribution in [0.25, 0.3) is 15.9 Å². The third kappa shape index (κ3) is 5.04. The lowest BCUT2D eigenvalue weighted by Crippen LogP contribution is -2.23. The molecule has 0 aliphatic carbocycles. The van der Waals surface area contributed by atoms with Gasteiger partial charge in [-0.25, -0.2) is 4.98 Å². The molecule has 170 valence electrons. The number of amides is 1. The number of carbonyl (C=O) groups is 1. The first-order valence-electron chi connectivity index (χ1n) is 11.0. The van der Waals surface area contributed by atoms with Crippen molar-refractivity contribution in [3.8, 4) is 5.69 Å². The Balaban J connectivity index is 1.73. The first kappa shape index (κ1) is 23.3. The van der Waals surface area contributed by atoms with Crippen LogP contribution in [0.2, 0.25) is 0 Å². The molecular formula is C26H27N3O2S2. The van der Waals surface area contributed by atoms with Gasteiger partial charge in [-0.15, -0.1) is 11.3 Å². The van der Waals surface area contributed by atoms with Crippen LogP contribution in [0, 0.1) is 20.8 Å². The topological polar surface area (TPSA) is 64.0 Å². The molecule has 1 amide bonds. The molecule has 2 aromatic carbocycles. The quantitative estimate of drug-likeness (QED) is 0.260. The minimum Gasteiger partial charge on any atom is -0.325 e. The third-order valence-electron chi connectivity index (χ3n) is 5.40. The number of nitrogens with one attached hydrogen (secondary N) is 1. The van der Waals surface area contributed by atoms with Gasteiger partial charge in [0.05, 0.1) is 16.8 Å². The van der Waals surface area contributed by atoms with Crippen molar-refractivity contribution < 1.29 is 4.79 Å². The molecule has 4 aromatic rings. The van der Waals surface area contributed by atoms with E-state index in [1.165, 1.54) is 16.6 Å². The molecule has 0 fully saturated rings. The Bertz CT molecular complexity index is 1390. The van der Waals surface area contributed by atoms with E-state index < -0.39 is 0 Å². The molecule has 0 aliphatic rings. The summed E-state index contributed by atoms with van der Waals surface area (Å²) in [7, 11) is 0. The number of nitrogens with zero attached hydrogens (tertiary/aromatic N) is 2.